The summed E-state index contributed by atoms with van der Waals surface area (Å²) in [5.74, 6) is -0.993. The Kier molecular flexibility index (Phi) is 5.45. The van der Waals surface area contributed by atoms with E-state index in [0.717, 1.165) is 0 Å². The molecular formula is C13H18N2O5S. The van der Waals surface area contributed by atoms with Crippen molar-refractivity contribution >= 4 is 27.6 Å². The molecule has 0 aromatic heterocycles. The lowest BCUT2D eigenvalue weighted by Crippen LogP contribution is -2.39. The minimum absolute atomic E-state index is 0.00972. The summed E-state index contributed by atoms with van der Waals surface area (Å²) in [4.78, 5) is 22.3. The van der Waals surface area contributed by atoms with Crippen LogP contribution in [-0.2, 0) is 24.3 Å². The van der Waals surface area contributed by atoms with Gasteiger partial charge < -0.3 is 10.1 Å². The van der Waals surface area contributed by atoms with Crippen molar-refractivity contribution in [1.29, 1.82) is 0 Å². The molecule has 0 aliphatic carbocycles. The maximum absolute atomic E-state index is 12.3. The molecule has 1 unspecified atom stereocenters. The number of hydrogen-bond donors (Lipinski definition) is 2. The number of nitrogens with one attached hydrogen (secondary N) is 2. The van der Waals surface area contributed by atoms with Crippen LogP contribution < -0.4 is 10.0 Å². The molecule has 1 atom stereocenters. The first kappa shape index (κ1) is 17.1. The van der Waals surface area contributed by atoms with Gasteiger partial charge >= 0.3 is 5.97 Å². The van der Waals surface area contributed by atoms with Crippen LogP contribution in [0.25, 0.3) is 0 Å². The fraction of sp³-hybridized carbons (Fsp3) is 0.385. The van der Waals surface area contributed by atoms with E-state index in [4.69, 9.17) is 0 Å². The molecule has 0 spiro atoms. The third kappa shape index (κ3) is 4.54. The SMILES string of the molecule is COC(=O)C(C)NS(=O)(=O)c1cc(NC(C)=O)ccc1C. The van der Waals surface area contributed by atoms with Gasteiger partial charge in [0.25, 0.3) is 0 Å². The first-order valence-electron chi connectivity index (χ1n) is 6.15. The minimum Gasteiger partial charge on any atom is -0.468 e. The molecular weight excluding hydrogens is 296 g/mol. The smallest absolute Gasteiger partial charge is 0.323 e. The molecule has 0 saturated heterocycles. The Hall–Kier alpha value is -1.93. The summed E-state index contributed by atoms with van der Waals surface area (Å²) in [5, 5.41) is 2.51. The third-order valence-electron chi connectivity index (χ3n) is 2.68. The maximum Gasteiger partial charge on any atom is 0.323 e. The van der Waals surface area contributed by atoms with Crippen molar-refractivity contribution in [2.45, 2.75) is 31.7 Å². The number of sulfonamides is 1. The largest absolute Gasteiger partial charge is 0.468 e. The lowest BCUT2D eigenvalue weighted by Gasteiger charge is -2.14. The zero-order valence-corrected chi connectivity index (χ0v) is 13.1. The number of carbonyl (C=O) groups is 2. The average molecular weight is 314 g/mol. The Bertz CT molecular complexity index is 655. The molecule has 1 amide bonds. The van der Waals surface area contributed by atoms with Gasteiger partial charge in [0.1, 0.15) is 6.04 Å². The van der Waals surface area contributed by atoms with Crippen LogP contribution in [0.5, 0.6) is 0 Å². The van der Waals surface area contributed by atoms with Crippen LogP contribution >= 0.6 is 0 Å². The number of carbonyl (C=O) groups excluding carboxylic acids is 2. The number of anilines is 1. The summed E-state index contributed by atoms with van der Waals surface area (Å²) in [6.45, 7) is 4.33. The van der Waals surface area contributed by atoms with Crippen LogP contribution in [0.2, 0.25) is 0 Å². The molecule has 0 radical (unpaired) electrons. The summed E-state index contributed by atoms with van der Waals surface area (Å²) in [6, 6.07) is 3.49. The van der Waals surface area contributed by atoms with Crippen molar-refractivity contribution < 1.29 is 22.7 Å². The van der Waals surface area contributed by atoms with Gasteiger partial charge in [0.2, 0.25) is 15.9 Å². The van der Waals surface area contributed by atoms with Gasteiger partial charge in [-0.2, -0.15) is 4.72 Å². The van der Waals surface area contributed by atoms with E-state index in [1.54, 1.807) is 19.1 Å². The highest BCUT2D eigenvalue weighted by Gasteiger charge is 2.24. The molecule has 0 aliphatic heterocycles. The fourth-order valence-corrected chi connectivity index (χ4v) is 3.15. The predicted octanol–water partition coefficient (Wildman–Crippen LogP) is 0.793. The van der Waals surface area contributed by atoms with Crippen molar-refractivity contribution in [3.05, 3.63) is 23.8 Å². The topological polar surface area (TPSA) is 102 Å². The van der Waals surface area contributed by atoms with Gasteiger partial charge in [-0.05, 0) is 31.5 Å². The summed E-state index contributed by atoms with van der Waals surface area (Å²) in [6.07, 6.45) is 0. The van der Waals surface area contributed by atoms with E-state index in [2.05, 4.69) is 14.8 Å². The van der Waals surface area contributed by atoms with Gasteiger partial charge in [-0.15, -0.1) is 0 Å². The number of esters is 1. The van der Waals surface area contributed by atoms with E-state index in [0.29, 0.717) is 11.3 Å². The molecule has 0 bridgehead atoms. The first-order chi connectivity index (χ1) is 9.67. The Labute approximate surface area is 123 Å². The van der Waals surface area contributed by atoms with Crippen LogP contribution in [0, 0.1) is 6.92 Å². The van der Waals surface area contributed by atoms with Gasteiger partial charge in [-0.1, -0.05) is 6.07 Å². The van der Waals surface area contributed by atoms with Crippen molar-refractivity contribution in [3.63, 3.8) is 0 Å². The van der Waals surface area contributed by atoms with Crippen molar-refractivity contribution in [1.82, 2.24) is 4.72 Å². The van der Waals surface area contributed by atoms with Gasteiger partial charge in [0, 0.05) is 12.6 Å². The van der Waals surface area contributed by atoms with E-state index in [9.17, 15) is 18.0 Å². The highest BCUT2D eigenvalue weighted by atomic mass is 32.2. The zero-order valence-electron chi connectivity index (χ0n) is 12.3. The Morgan fingerprint density at radius 1 is 1.29 bits per heavy atom. The molecule has 2 N–H and O–H groups in total. The van der Waals surface area contributed by atoms with E-state index < -0.39 is 22.0 Å². The van der Waals surface area contributed by atoms with Gasteiger partial charge in [0.05, 0.1) is 12.0 Å². The number of methoxy groups -OCH3 is 1. The number of amides is 1. The summed E-state index contributed by atoms with van der Waals surface area (Å²) in [7, 11) is -2.73. The lowest BCUT2D eigenvalue weighted by molar-refractivity contribution is -0.142. The van der Waals surface area contributed by atoms with E-state index in [1.165, 1.54) is 27.0 Å². The van der Waals surface area contributed by atoms with Crippen molar-refractivity contribution in [2.75, 3.05) is 12.4 Å². The highest BCUT2D eigenvalue weighted by Crippen LogP contribution is 2.20. The second-order valence-corrected chi connectivity index (χ2v) is 6.21. The zero-order chi connectivity index (χ0) is 16.2. The molecule has 8 heteroatoms. The quantitative estimate of drug-likeness (QED) is 0.783. The normalized spacial score (nSPS) is 12.6. The molecule has 21 heavy (non-hydrogen) atoms. The van der Waals surface area contributed by atoms with Gasteiger partial charge in [-0.3, -0.25) is 9.59 Å². The molecule has 0 heterocycles. The highest BCUT2D eigenvalue weighted by molar-refractivity contribution is 7.89. The Balaban J connectivity index is 3.12. The summed E-state index contributed by atoms with van der Waals surface area (Å²) >= 11 is 0. The van der Waals surface area contributed by atoms with Crippen LogP contribution in [0.4, 0.5) is 5.69 Å². The van der Waals surface area contributed by atoms with Crippen molar-refractivity contribution in [2.24, 2.45) is 0 Å². The van der Waals surface area contributed by atoms with Crippen LogP contribution in [-0.4, -0.2) is 33.4 Å². The average Bonchev–Trinajstić information content (AvgIpc) is 2.38. The molecule has 7 nitrogen and oxygen atoms in total. The molecule has 1 aromatic carbocycles. The lowest BCUT2D eigenvalue weighted by atomic mass is 10.2. The maximum atomic E-state index is 12.3. The minimum atomic E-state index is -3.91. The molecule has 0 aliphatic rings. The molecule has 0 fully saturated rings. The molecule has 116 valence electrons. The summed E-state index contributed by atoms with van der Waals surface area (Å²) in [5.41, 5.74) is 0.855. The van der Waals surface area contributed by atoms with E-state index in [-0.39, 0.29) is 10.8 Å². The fourth-order valence-electron chi connectivity index (χ4n) is 1.69. The molecule has 0 saturated carbocycles. The summed E-state index contributed by atoms with van der Waals surface area (Å²) < 4.78 is 31.3. The molecule has 1 rings (SSSR count). The number of hydrogen-bond acceptors (Lipinski definition) is 5. The second-order valence-electron chi connectivity index (χ2n) is 4.53. The van der Waals surface area contributed by atoms with Crippen LogP contribution in [0.1, 0.15) is 19.4 Å². The monoisotopic (exact) mass is 314 g/mol. The Morgan fingerprint density at radius 2 is 1.90 bits per heavy atom. The van der Waals surface area contributed by atoms with Gasteiger partial charge in [0.15, 0.2) is 0 Å². The number of aryl methyl sites for hydroxylation is 1. The van der Waals surface area contributed by atoms with Gasteiger partial charge in [-0.25, -0.2) is 8.42 Å². The van der Waals surface area contributed by atoms with E-state index in [1.807, 2.05) is 0 Å². The number of ether oxygens (including phenoxy) is 1. The number of benzene rings is 1. The van der Waals surface area contributed by atoms with Crippen molar-refractivity contribution in [3.8, 4) is 0 Å². The molecule has 1 aromatic rings. The number of rotatable bonds is 5. The van der Waals surface area contributed by atoms with Crippen LogP contribution in [0.15, 0.2) is 23.1 Å². The predicted molar refractivity (Wildman–Crippen MR) is 77.3 cm³/mol. The second kappa shape index (κ2) is 6.68. The third-order valence-corrected chi connectivity index (χ3v) is 4.37. The van der Waals surface area contributed by atoms with Crippen LogP contribution in [0.3, 0.4) is 0 Å². The Morgan fingerprint density at radius 3 is 2.43 bits per heavy atom. The standard InChI is InChI=1S/C13H18N2O5S/c1-8-5-6-11(14-10(3)16)7-12(8)21(18,19)15-9(2)13(17)20-4/h5-7,9,15H,1-4H3,(H,14,16). The first-order valence-corrected chi connectivity index (χ1v) is 7.64. The van der Waals surface area contributed by atoms with E-state index >= 15 is 0 Å².